The lowest BCUT2D eigenvalue weighted by Gasteiger charge is -2.34. The van der Waals surface area contributed by atoms with Gasteiger partial charge >= 0.3 is 5.97 Å². The number of carboxylic acids is 1. The summed E-state index contributed by atoms with van der Waals surface area (Å²) in [4.78, 5) is 12.5. The molecule has 0 aromatic carbocycles. The van der Waals surface area contributed by atoms with Gasteiger partial charge in [-0.15, -0.1) is 0 Å². The molecule has 4 nitrogen and oxygen atoms in total. The largest absolute Gasteiger partial charge is 0.478 e. The molecule has 0 saturated carbocycles. The molecule has 0 amide bonds. The molecule has 0 aromatic rings. The Hall–Kier alpha value is -0.870. The van der Waals surface area contributed by atoms with Crippen LogP contribution in [0.15, 0.2) is 11.6 Å². The minimum atomic E-state index is -0.905. The van der Waals surface area contributed by atoms with Crippen molar-refractivity contribution in [1.82, 2.24) is 4.90 Å². The smallest absolute Gasteiger partial charge is 0.328 e. The van der Waals surface area contributed by atoms with Gasteiger partial charge in [-0.2, -0.15) is 0 Å². The van der Waals surface area contributed by atoms with Crippen LogP contribution >= 0.6 is 0 Å². The summed E-state index contributed by atoms with van der Waals surface area (Å²) in [6.07, 6.45) is 1.80. The van der Waals surface area contributed by atoms with E-state index in [-0.39, 0.29) is 6.10 Å². The Labute approximate surface area is 90.2 Å². The monoisotopic (exact) mass is 213 g/mol. The fourth-order valence-electron chi connectivity index (χ4n) is 2.17. The number of hydrogen-bond acceptors (Lipinski definition) is 3. The lowest BCUT2D eigenvalue weighted by Crippen LogP contribution is -2.42. The Morgan fingerprint density at radius 1 is 1.53 bits per heavy atom. The lowest BCUT2D eigenvalue weighted by atomic mass is 9.97. The summed E-state index contributed by atoms with van der Waals surface area (Å²) in [5.74, 6) is -0.426. The molecule has 1 aliphatic heterocycles. The number of piperidine rings is 1. The minimum absolute atomic E-state index is 0.272. The molecule has 0 radical (unpaired) electrons. The van der Waals surface area contributed by atoms with Crippen LogP contribution in [0.3, 0.4) is 0 Å². The average Bonchev–Trinajstić information content (AvgIpc) is 1.98. The van der Waals surface area contributed by atoms with E-state index in [1.807, 2.05) is 0 Å². The van der Waals surface area contributed by atoms with E-state index in [0.717, 1.165) is 18.5 Å². The Morgan fingerprint density at radius 3 is 2.73 bits per heavy atom. The van der Waals surface area contributed by atoms with Gasteiger partial charge in [0.2, 0.25) is 0 Å². The molecule has 0 spiro atoms. The minimum Gasteiger partial charge on any atom is -0.478 e. The van der Waals surface area contributed by atoms with Crippen molar-refractivity contribution in [1.29, 1.82) is 0 Å². The van der Waals surface area contributed by atoms with Crippen LogP contribution in [-0.4, -0.2) is 46.8 Å². The number of carboxylic acid groups (broad SMARTS) is 1. The molecule has 0 aliphatic carbocycles. The van der Waals surface area contributed by atoms with Crippen LogP contribution in [0.4, 0.5) is 0 Å². The molecule has 0 bridgehead atoms. The maximum atomic E-state index is 10.4. The number of rotatable bonds is 3. The van der Waals surface area contributed by atoms with Crippen molar-refractivity contribution >= 4 is 5.97 Å². The molecule has 4 heteroatoms. The molecule has 1 aliphatic rings. The molecule has 0 aromatic heterocycles. The van der Waals surface area contributed by atoms with E-state index in [0.29, 0.717) is 19.0 Å². The van der Waals surface area contributed by atoms with Crippen molar-refractivity contribution in [2.75, 3.05) is 19.6 Å². The first kappa shape index (κ1) is 12.2. The summed E-state index contributed by atoms with van der Waals surface area (Å²) in [5, 5.41) is 18.1. The van der Waals surface area contributed by atoms with Crippen LogP contribution in [0, 0.1) is 5.92 Å². The Bertz CT molecular complexity index is 253. The zero-order valence-electron chi connectivity index (χ0n) is 9.31. The second-order valence-corrected chi connectivity index (χ2v) is 4.52. The summed E-state index contributed by atoms with van der Waals surface area (Å²) < 4.78 is 0. The van der Waals surface area contributed by atoms with E-state index >= 15 is 0 Å². The van der Waals surface area contributed by atoms with Crippen LogP contribution in [0.2, 0.25) is 0 Å². The highest BCUT2D eigenvalue weighted by molar-refractivity contribution is 5.80. The third-order valence-electron chi connectivity index (χ3n) is 2.56. The normalized spacial score (nSPS) is 29.1. The molecule has 2 atom stereocenters. The van der Waals surface area contributed by atoms with Crippen molar-refractivity contribution in [3.05, 3.63) is 11.6 Å². The third-order valence-corrected chi connectivity index (χ3v) is 2.56. The van der Waals surface area contributed by atoms with Gasteiger partial charge in [-0.1, -0.05) is 12.5 Å². The summed E-state index contributed by atoms with van der Waals surface area (Å²) in [6.45, 7) is 6.12. The first-order valence-corrected chi connectivity index (χ1v) is 5.28. The molecule has 2 N–H and O–H groups in total. The van der Waals surface area contributed by atoms with Crippen LogP contribution in [-0.2, 0) is 4.79 Å². The van der Waals surface area contributed by atoms with Crippen LogP contribution in [0.1, 0.15) is 20.3 Å². The number of nitrogens with zero attached hydrogens (tertiary/aromatic N) is 1. The molecular formula is C11H19NO3. The maximum Gasteiger partial charge on any atom is 0.328 e. The van der Waals surface area contributed by atoms with Gasteiger partial charge in [-0.25, -0.2) is 4.79 Å². The number of β-amino-alcohol motifs (C(OH)–C–C–N with tert-alkyl or cyclic N) is 1. The van der Waals surface area contributed by atoms with Gasteiger partial charge in [0, 0.05) is 25.7 Å². The lowest BCUT2D eigenvalue weighted by molar-refractivity contribution is -0.131. The van der Waals surface area contributed by atoms with E-state index < -0.39 is 5.97 Å². The fraction of sp³-hybridized carbons (Fsp3) is 0.727. The highest BCUT2D eigenvalue weighted by Crippen LogP contribution is 2.16. The van der Waals surface area contributed by atoms with E-state index in [1.54, 1.807) is 6.92 Å². The molecular weight excluding hydrogens is 194 g/mol. The first-order chi connectivity index (χ1) is 6.97. The molecule has 1 heterocycles. The van der Waals surface area contributed by atoms with Gasteiger partial charge in [-0.3, -0.25) is 4.90 Å². The van der Waals surface area contributed by atoms with Gasteiger partial charge in [0.1, 0.15) is 0 Å². The Morgan fingerprint density at radius 2 is 2.20 bits per heavy atom. The summed E-state index contributed by atoms with van der Waals surface area (Å²) in [5.41, 5.74) is 0.823. The van der Waals surface area contributed by atoms with E-state index in [1.165, 1.54) is 6.08 Å². The predicted octanol–water partition coefficient (Wildman–Crippen LogP) is 0.720. The molecule has 2 unspecified atom stereocenters. The molecule has 1 fully saturated rings. The van der Waals surface area contributed by atoms with Gasteiger partial charge < -0.3 is 10.2 Å². The zero-order chi connectivity index (χ0) is 11.4. The van der Waals surface area contributed by atoms with E-state index in [2.05, 4.69) is 11.8 Å². The first-order valence-electron chi connectivity index (χ1n) is 5.28. The van der Waals surface area contributed by atoms with Crippen molar-refractivity contribution in [3.63, 3.8) is 0 Å². The fourth-order valence-corrected chi connectivity index (χ4v) is 2.17. The predicted molar refractivity (Wildman–Crippen MR) is 57.6 cm³/mol. The zero-order valence-corrected chi connectivity index (χ0v) is 9.31. The standard InChI is InChI=1S/C11H19NO3/c1-8-3-10(13)7-12(5-8)6-9(2)4-11(14)15/h4,8,10,13H,3,5-7H2,1-2H3,(H,14,15). The molecule has 86 valence electrons. The quantitative estimate of drug-likeness (QED) is 0.678. The second-order valence-electron chi connectivity index (χ2n) is 4.52. The van der Waals surface area contributed by atoms with Crippen molar-refractivity contribution in [2.45, 2.75) is 26.4 Å². The van der Waals surface area contributed by atoms with Crippen molar-refractivity contribution in [3.8, 4) is 0 Å². The highest BCUT2D eigenvalue weighted by atomic mass is 16.4. The number of aliphatic hydroxyl groups excluding tert-OH is 1. The van der Waals surface area contributed by atoms with Crippen LogP contribution in [0.5, 0.6) is 0 Å². The van der Waals surface area contributed by atoms with Crippen LogP contribution < -0.4 is 0 Å². The molecule has 15 heavy (non-hydrogen) atoms. The van der Waals surface area contributed by atoms with Crippen molar-refractivity contribution < 1.29 is 15.0 Å². The second kappa shape index (κ2) is 5.28. The molecule has 1 rings (SSSR count). The van der Waals surface area contributed by atoms with Gasteiger partial charge in [-0.05, 0) is 19.3 Å². The van der Waals surface area contributed by atoms with Gasteiger partial charge in [0.15, 0.2) is 0 Å². The SMILES string of the molecule is CC(=CC(=O)O)CN1CC(C)CC(O)C1. The number of hydrogen-bond donors (Lipinski definition) is 2. The summed E-state index contributed by atoms with van der Waals surface area (Å²) >= 11 is 0. The highest BCUT2D eigenvalue weighted by Gasteiger charge is 2.22. The summed E-state index contributed by atoms with van der Waals surface area (Å²) in [7, 11) is 0. The van der Waals surface area contributed by atoms with E-state index in [9.17, 15) is 9.90 Å². The Balaban J connectivity index is 2.47. The number of carbonyl (C=O) groups is 1. The number of aliphatic carboxylic acids is 1. The van der Waals surface area contributed by atoms with Crippen molar-refractivity contribution in [2.24, 2.45) is 5.92 Å². The molecule has 1 saturated heterocycles. The topological polar surface area (TPSA) is 60.8 Å². The third kappa shape index (κ3) is 4.44. The summed E-state index contributed by atoms with van der Waals surface area (Å²) in [6, 6.07) is 0. The van der Waals surface area contributed by atoms with Gasteiger partial charge in [0.25, 0.3) is 0 Å². The number of likely N-dealkylation sites (tertiary alicyclic amines) is 1. The van der Waals surface area contributed by atoms with Crippen LogP contribution in [0.25, 0.3) is 0 Å². The maximum absolute atomic E-state index is 10.4. The number of aliphatic hydroxyl groups is 1. The van der Waals surface area contributed by atoms with Gasteiger partial charge in [0.05, 0.1) is 6.10 Å². The Kier molecular flexibility index (Phi) is 4.29. The average molecular weight is 213 g/mol. The van der Waals surface area contributed by atoms with E-state index in [4.69, 9.17) is 5.11 Å².